The Hall–Kier alpha value is -3.15. The van der Waals surface area contributed by atoms with Crippen molar-refractivity contribution in [3.8, 4) is 17.2 Å². The summed E-state index contributed by atoms with van der Waals surface area (Å²) < 4.78 is 24.6. The second kappa shape index (κ2) is 7.82. The molecular weight excluding hydrogens is 335 g/mol. The largest absolute Gasteiger partial charge is 0.496 e. The number of hydrogen-bond acceptors (Lipinski definition) is 4. The summed E-state index contributed by atoms with van der Waals surface area (Å²) in [5.74, 6) is 1.01. The highest BCUT2D eigenvalue weighted by molar-refractivity contribution is 5.78. The number of methoxy groups -OCH3 is 1. The van der Waals surface area contributed by atoms with E-state index in [1.165, 1.54) is 6.07 Å². The molecule has 3 rings (SSSR count). The molecule has 0 aliphatic carbocycles. The first-order valence-corrected chi connectivity index (χ1v) is 8.18. The van der Waals surface area contributed by atoms with Crippen LogP contribution in [0.1, 0.15) is 17.0 Å². The number of oxazole rings is 1. The fourth-order valence-electron chi connectivity index (χ4n) is 2.58. The van der Waals surface area contributed by atoms with Gasteiger partial charge in [0.1, 0.15) is 17.3 Å². The van der Waals surface area contributed by atoms with Gasteiger partial charge < -0.3 is 14.5 Å². The van der Waals surface area contributed by atoms with Gasteiger partial charge in [0.2, 0.25) is 11.8 Å². The Morgan fingerprint density at radius 2 is 1.92 bits per heavy atom. The molecule has 0 saturated carbocycles. The zero-order chi connectivity index (χ0) is 18.5. The molecule has 1 amide bonds. The molecule has 26 heavy (non-hydrogen) atoms. The maximum atomic E-state index is 13.6. The predicted molar refractivity (Wildman–Crippen MR) is 95.2 cm³/mol. The minimum Gasteiger partial charge on any atom is -0.496 e. The topological polar surface area (TPSA) is 64.4 Å². The summed E-state index contributed by atoms with van der Waals surface area (Å²) in [6.45, 7) is 1.88. The van der Waals surface area contributed by atoms with E-state index in [0.29, 0.717) is 28.7 Å². The molecule has 1 N–H and O–H groups in total. The summed E-state index contributed by atoms with van der Waals surface area (Å²) in [7, 11) is 1.58. The Labute approximate surface area is 150 Å². The third-order valence-electron chi connectivity index (χ3n) is 3.99. The van der Waals surface area contributed by atoms with Gasteiger partial charge in [0, 0.05) is 12.1 Å². The van der Waals surface area contributed by atoms with Crippen LogP contribution in [0, 0.1) is 12.7 Å². The number of aryl methyl sites for hydroxylation is 1. The number of carbonyl (C=O) groups excluding carboxylic acids is 1. The molecule has 2 aromatic carbocycles. The van der Waals surface area contributed by atoms with Gasteiger partial charge >= 0.3 is 0 Å². The zero-order valence-corrected chi connectivity index (χ0v) is 14.6. The summed E-state index contributed by atoms with van der Waals surface area (Å²) in [4.78, 5) is 16.6. The molecule has 134 valence electrons. The molecule has 6 heteroatoms. The normalized spacial score (nSPS) is 10.6. The summed E-state index contributed by atoms with van der Waals surface area (Å²) >= 11 is 0. The number of carbonyl (C=O) groups is 1. The molecule has 0 fully saturated rings. The van der Waals surface area contributed by atoms with Crippen molar-refractivity contribution in [1.29, 1.82) is 0 Å². The van der Waals surface area contributed by atoms with Crippen LogP contribution in [0.2, 0.25) is 0 Å². The standard InChI is InChI=1S/C20H19FN2O3/c1-13-17(11-19(24)22-12-14-7-3-5-9-16(14)21)23-20(26-13)15-8-4-6-10-18(15)25-2/h3-10H,11-12H2,1-2H3,(H,22,24). The monoisotopic (exact) mass is 354 g/mol. The van der Waals surface area contributed by atoms with Crippen LogP contribution < -0.4 is 10.1 Å². The number of amides is 1. The highest BCUT2D eigenvalue weighted by Gasteiger charge is 2.17. The van der Waals surface area contributed by atoms with E-state index in [1.807, 2.05) is 24.3 Å². The van der Waals surface area contributed by atoms with E-state index >= 15 is 0 Å². The van der Waals surface area contributed by atoms with Crippen molar-refractivity contribution in [2.45, 2.75) is 19.9 Å². The molecule has 0 saturated heterocycles. The smallest absolute Gasteiger partial charge is 0.230 e. The van der Waals surface area contributed by atoms with Gasteiger partial charge in [-0.2, -0.15) is 0 Å². The molecule has 1 heterocycles. The minimum absolute atomic E-state index is 0.0545. The zero-order valence-electron chi connectivity index (χ0n) is 14.6. The van der Waals surface area contributed by atoms with Gasteiger partial charge in [-0.25, -0.2) is 9.37 Å². The number of ether oxygens (including phenoxy) is 1. The lowest BCUT2D eigenvalue weighted by Crippen LogP contribution is -2.25. The third-order valence-corrected chi connectivity index (χ3v) is 3.99. The number of para-hydroxylation sites is 1. The number of aromatic nitrogens is 1. The fraction of sp³-hybridized carbons (Fsp3) is 0.200. The van der Waals surface area contributed by atoms with Gasteiger partial charge in [-0.15, -0.1) is 0 Å². The van der Waals surface area contributed by atoms with E-state index in [1.54, 1.807) is 32.2 Å². The van der Waals surface area contributed by atoms with Crippen LogP contribution >= 0.6 is 0 Å². The molecular formula is C20H19FN2O3. The molecule has 1 aromatic heterocycles. The Bertz CT molecular complexity index is 921. The Morgan fingerprint density at radius 3 is 2.69 bits per heavy atom. The first-order valence-electron chi connectivity index (χ1n) is 8.18. The van der Waals surface area contributed by atoms with Crippen LogP contribution in [0.3, 0.4) is 0 Å². The Morgan fingerprint density at radius 1 is 1.19 bits per heavy atom. The van der Waals surface area contributed by atoms with Crippen molar-refractivity contribution in [3.05, 3.63) is 71.4 Å². The van der Waals surface area contributed by atoms with E-state index in [2.05, 4.69) is 10.3 Å². The summed E-state index contributed by atoms with van der Waals surface area (Å²) in [5.41, 5.74) is 1.69. The average molecular weight is 354 g/mol. The Balaban J connectivity index is 1.70. The fourth-order valence-corrected chi connectivity index (χ4v) is 2.58. The Kier molecular flexibility index (Phi) is 5.31. The molecule has 5 nitrogen and oxygen atoms in total. The number of hydrogen-bond donors (Lipinski definition) is 1. The quantitative estimate of drug-likeness (QED) is 0.734. The van der Waals surface area contributed by atoms with Crippen LogP contribution in [0.15, 0.2) is 52.9 Å². The number of nitrogens with zero attached hydrogens (tertiary/aromatic N) is 1. The van der Waals surface area contributed by atoms with E-state index in [9.17, 15) is 9.18 Å². The highest BCUT2D eigenvalue weighted by atomic mass is 19.1. The van der Waals surface area contributed by atoms with Crippen molar-refractivity contribution in [2.75, 3.05) is 7.11 Å². The third kappa shape index (κ3) is 3.91. The highest BCUT2D eigenvalue weighted by Crippen LogP contribution is 2.30. The SMILES string of the molecule is COc1ccccc1-c1nc(CC(=O)NCc2ccccc2F)c(C)o1. The minimum atomic E-state index is -0.344. The maximum Gasteiger partial charge on any atom is 0.230 e. The number of nitrogens with one attached hydrogen (secondary N) is 1. The van der Waals surface area contributed by atoms with Gasteiger partial charge in [0.05, 0.1) is 24.8 Å². The summed E-state index contributed by atoms with van der Waals surface area (Å²) in [6.07, 6.45) is 0.0545. The van der Waals surface area contributed by atoms with Crippen LogP contribution in [0.25, 0.3) is 11.5 Å². The molecule has 0 aliphatic rings. The van der Waals surface area contributed by atoms with Crippen molar-refractivity contribution in [1.82, 2.24) is 10.3 Å². The molecule has 3 aromatic rings. The van der Waals surface area contributed by atoms with Crippen molar-refractivity contribution in [3.63, 3.8) is 0 Å². The molecule has 0 aliphatic heterocycles. The second-order valence-electron chi connectivity index (χ2n) is 5.77. The lowest BCUT2D eigenvalue weighted by atomic mass is 10.2. The van der Waals surface area contributed by atoms with E-state index in [4.69, 9.17) is 9.15 Å². The summed E-state index contributed by atoms with van der Waals surface area (Å²) in [6, 6.07) is 13.7. The van der Waals surface area contributed by atoms with Crippen LogP contribution in [0.5, 0.6) is 5.75 Å². The first kappa shape index (κ1) is 17.7. The summed E-state index contributed by atoms with van der Waals surface area (Å²) in [5, 5.41) is 2.70. The van der Waals surface area contributed by atoms with Crippen LogP contribution in [-0.2, 0) is 17.8 Å². The van der Waals surface area contributed by atoms with Gasteiger partial charge in [0.15, 0.2) is 0 Å². The number of rotatable bonds is 6. The van der Waals surface area contributed by atoms with Gasteiger partial charge in [-0.1, -0.05) is 30.3 Å². The van der Waals surface area contributed by atoms with Crippen LogP contribution in [-0.4, -0.2) is 18.0 Å². The maximum absolute atomic E-state index is 13.6. The average Bonchev–Trinajstić information content (AvgIpc) is 3.01. The number of benzene rings is 2. The molecule has 0 radical (unpaired) electrons. The first-order chi connectivity index (χ1) is 12.6. The molecule has 0 unspecified atom stereocenters. The van der Waals surface area contributed by atoms with Crippen molar-refractivity contribution in [2.24, 2.45) is 0 Å². The van der Waals surface area contributed by atoms with E-state index in [-0.39, 0.29) is 24.7 Å². The van der Waals surface area contributed by atoms with Crippen LogP contribution in [0.4, 0.5) is 4.39 Å². The lowest BCUT2D eigenvalue weighted by Gasteiger charge is -2.05. The molecule has 0 atom stereocenters. The molecule has 0 spiro atoms. The van der Waals surface area contributed by atoms with Crippen molar-refractivity contribution < 1.29 is 18.3 Å². The predicted octanol–water partition coefficient (Wildman–Crippen LogP) is 3.66. The van der Waals surface area contributed by atoms with E-state index < -0.39 is 0 Å². The van der Waals surface area contributed by atoms with Gasteiger partial charge in [-0.05, 0) is 25.1 Å². The van der Waals surface area contributed by atoms with E-state index in [0.717, 1.165) is 5.56 Å². The second-order valence-corrected chi connectivity index (χ2v) is 5.77. The molecule has 0 bridgehead atoms. The van der Waals surface area contributed by atoms with Gasteiger partial charge in [-0.3, -0.25) is 4.79 Å². The van der Waals surface area contributed by atoms with Gasteiger partial charge in [0.25, 0.3) is 0 Å². The number of halogens is 1. The van der Waals surface area contributed by atoms with Crippen molar-refractivity contribution >= 4 is 5.91 Å². The lowest BCUT2D eigenvalue weighted by molar-refractivity contribution is -0.120.